The van der Waals surface area contributed by atoms with Crippen LogP contribution < -0.4 is 5.32 Å². The number of aliphatic hydroxyl groups excluding tert-OH is 1. The van der Waals surface area contributed by atoms with Crippen molar-refractivity contribution in [3.8, 4) is 0 Å². The van der Waals surface area contributed by atoms with Crippen LogP contribution in [0.3, 0.4) is 0 Å². The number of aliphatic hydroxyl groups is 1. The molecule has 0 spiro atoms. The standard InChI is InChI=1S/C13H28N2O3S/c1-4-9-19(17,18)15-7-5-12(6-8-15)14-10-13(2,3)11-16/h12,14,16H,4-11H2,1-3H3. The summed E-state index contributed by atoms with van der Waals surface area (Å²) in [6.07, 6.45) is 2.38. The van der Waals surface area contributed by atoms with Gasteiger partial charge in [0.1, 0.15) is 0 Å². The third-order valence-electron chi connectivity index (χ3n) is 3.61. The lowest BCUT2D eigenvalue weighted by Crippen LogP contribution is -2.47. The highest BCUT2D eigenvalue weighted by Gasteiger charge is 2.28. The average Bonchev–Trinajstić information content (AvgIpc) is 2.37. The molecule has 19 heavy (non-hydrogen) atoms. The van der Waals surface area contributed by atoms with Crippen molar-refractivity contribution < 1.29 is 13.5 Å². The molecule has 1 fully saturated rings. The van der Waals surface area contributed by atoms with Crippen LogP contribution in [-0.2, 0) is 10.0 Å². The number of nitrogens with zero attached hydrogens (tertiary/aromatic N) is 1. The second-order valence-electron chi connectivity index (χ2n) is 6.19. The fourth-order valence-electron chi connectivity index (χ4n) is 2.20. The van der Waals surface area contributed by atoms with Gasteiger partial charge in [-0.2, -0.15) is 0 Å². The van der Waals surface area contributed by atoms with E-state index in [1.807, 2.05) is 20.8 Å². The SMILES string of the molecule is CCCS(=O)(=O)N1CCC(NCC(C)(C)CO)CC1. The van der Waals surface area contributed by atoms with Gasteiger partial charge in [0.25, 0.3) is 0 Å². The molecule has 0 unspecified atom stereocenters. The van der Waals surface area contributed by atoms with Crippen molar-refractivity contribution in [1.29, 1.82) is 0 Å². The van der Waals surface area contributed by atoms with E-state index in [0.29, 0.717) is 25.6 Å². The monoisotopic (exact) mass is 292 g/mol. The van der Waals surface area contributed by atoms with E-state index in [4.69, 9.17) is 0 Å². The van der Waals surface area contributed by atoms with Gasteiger partial charge in [0.05, 0.1) is 5.75 Å². The zero-order chi connectivity index (χ0) is 14.5. The maximum absolute atomic E-state index is 11.9. The van der Waals surface area contributed by atoms with E-state index in [1.54, 1.807) is 4.31 Å². The summed E-state index contributed by atoms with van der Waals surface area (Å²) < 4.78 is 25.5. The minimum atomic E-state index is -3.04. The van der Waals surface area contributed by atoms with Gasteiger partial charge in [-0.1, -0.05) is 20.8 Å². The lowest BCUT2D eigenvalue weighted by Gasteiger charge is -2.33. The van der Waals surface area contributed by atoms with Crippen LogP contribution in [0.1, 0.15) is 40.0 Å². The number of sulfonamides is 1. The van der Waals surface area contributed by atoms with Crippen LogP contribution in [0.25, 0.3) is 0 Å². The molecule has 1 saturated heterocycles. The fraction of sp³-hybridized carbons (Fsp3) is 1.00. The van der Waals surface area contributed by atoms with E-state index in [0.717, 1.165) is 19.4 Å². The first kappa shape index (κ1) is 16.9. The highest BCUT2D eigenvalue weighted by atomic mass is 32.2. The van der Waals surface area contributed by atoms with E-state index in [1.165, 1.54) is 0 Å². The van der Waals surface area contributed by atoms with Crippen LogP contribution in [0.4, 0.5) is 0 Å². The molecule has 6 heteroatoms. The molecule has 2 N–H and O–H groups in total. The van der Waals surface area contributed by atoms with Gasteiger partial charge in [0.15, 0.2) is 0 Å². The molecule has 0 aliphatic carbocycles. The normalized spacial score (nSPS) is 19.8. The molecule has 5 nitrogen and oxygen atoms in total. The highest BCUT2D eigenvalue weighted by molar-refractivity contribution is 7.89. The van der Waals surface area contributed by atoms with Gasteiger partial charge < -0.3 is 10.4 Å². The first-order valence-electron chi connectivity index (χ1n) is 7.13. The van der Waals surface area contributed by atoms with Crippen molar-refractivity contribution in [2.75, 3.05) is 32.0 Å². The number of rotatable bonds is 7. The van der Waals surface area contributed by atoms with Crippen LogP contribution in [0, 0.1) is 5.41 Å². The van der Waals surface area contributed by atoms with E-state index in [9.17, 15) is 13.5 Å². The minimum Gasteiger partial charge on any atom is -0.396 e. The first-order chi connectivity index (χ1) is 8.80. The Morgan fingerprint density at radius 3 is 2.37 bits per heavy atom. The van der Waals surface area contributed by atoms with E-state index in [2.05, 4.69) is 5.32 Å². The molecule has 0 amide bonds. The summed E-state index contributed by atoms with van der Waals surface area (Å²) in [4.78, 5) is 0. The molecule has 0 atom stereocenters. The number of hydrogen-bond donors (Lipinski definition) is 2. The van der Waals surface area contributed by atoms with Crippen molar-refractivity contribution >= 4 is 10.0 Å². The number of nitrogens with one attached hydrogen (secondary N) is 1. The summed E-state index contributed by atoms with van der Waals surface area (Å²) >= 11 is 0. The van der Waals surface area contributed by atoms with Crippen molar-refractivity contribution in [2.24, 2.45) is 5.41 Å². The Balaban J connectivity index is 2.37. The fourth-order valence-corrected chi connectivity index (χ4v) is 3.74. The summed E-state index contributed by atoms with van der Waals surface area (Å²) in [5.41, 5.74) is -0.120. The zero-order valence-electron chi connectivity index (χ0n) is 12.4. The molecule has 1 aliphatic heterocycles. The Labute approximate surface area is 117 Å². The van der Waals surface area contributed by atoms with Crippen molar-refractivity contribution in [3.63, 3.8) is 0 Å². The summed E-state index contributed by atoms with van der Waals surface area (Å²) in [5, 5.41) is 12.6. The van der Waals surface area contributed by atoms with Gasteiger partial charge in [-0.15, -0.1) is 0 Å². The number of hydrogen-bond acceptors (Lipinski definition) is 4. The molecule has 0 aromatic carbocycles. The van der Waals surface area contributed by atoms with E-state index in [-0.39, 0.29) is 17.8 Å². The predicted molar refractivity (Wildman–Crippen MR) is 77.5 cm³/mol. The molecule has 0 saturated carbocycles. The Kier molecular flexibility index (Phi) is 6.23. The van der Waals surface area contributed by atoms with Crippen molar-refractivity contribution in [3.05, 3.63) is 0 Å². The molecule has 1 heterocycles. The molecule has 0 radical (unpaired) electrons. The molecule has 114 valence electrons. The first-order valence-corrected chi connectivity index (χ1v) is 8.74. The molecule has 1 aliphatic rings. The maximum Gasteiger partial charge on any atom is 0.214 e. The van der Waals surface area contributed by atoms with Crippen LogP contribution in [0.5, 0.6) is 0 Å². The highest BCUT2D eigenvalue weighted by Crippen LogP contribution is 2.17. The minimum absolute atomic E-state index is 0.120. The third kappa shape index (κ3) is 5.38. The molecule has 0 bridgehead atoms. The van der Waals surface area contributed by atoms with E-state index < -0.39 is 10.0 Å². The van der Waals surface area contributed by atoms with Gasteiger partial charge in [0, 0.05) is 37.7 Å². The molecular formula is C13H28N2O3S. The average molecular weight is 292 g/mol. The van der Waals surface area contributed by atoms with Crippen LogP contribution in [-0.4, -0.2) is 55.9 Å². The van der Waals surface area contributed by atoms with Crippen LogP contribution in [0.15, 0.2) is 0 Å². The topological polar surface area (TPSA) is 69.6 Å². The van der Waals surface area contributed by atoms with Crippen LogP contribution >= 0.6 is 0 Å². The molecule has 1 rings (SSSR count). The van der Waals surface area contributed by atoms with Gasteiger partial charge in [-0.05, 0) is 19.3 Å². The molecular weight excluding hydrogens is 264 g/mol. The Morgan fingerprint density at radius 1 is 1.32 bits per heavy atom. The predicted octanol–water partition coefficient (Wildman–Crippen LogP) is 0.799. The molecule has 0 aromatic rings. The Bertz CT molecular complexity index is 360. The Morgan fingerprint density at radius 2 is 1.89 bits per heavy atom. The van der Waals surface area contributed by atoms with Crippen molar-refractivity contribution in [2.45, 2.75) is 46.1 Å². The Hall–Kier alpha value is -0.170. The summed E-state index contributed by atoms with van der Waals surface area (Å²) in [5.74, 6) is 0.253. The summed E-state index contributed by atoms with van der Waals surface area (Å²) in [6, 6.07) is 0.360. The van der Waals surface area contributed by atoms with Crippen LogP contribution in [0.2, 0.25) is 0 Å². The smallest absolute Gasteiger partial charge is 0.214 e. The van der Waals surface area contributed by atoms with Gasteiger partial charge in [0.2, 0.25) is 10.0 Å². The van der Waals surface area contributed by atoms with Gasteiger partial charge >= 0.3 is 0 Å². The quantitative estimate of drug-likeness (QED) is 0.728. The lowest BCUT2D eigenvalue weighted by molar-refractivity contribution is 0.148. The largest absolute Gasteiger partial charge is 0.396 e. The van der Waals surface area contributed by atoms with Gasteiger partial charge in [-0.25, -0.2) is 12.7 Å². The lowest BCUT2D eigenvalue weighted by atomic mass is 9.94. The zero-order valence-corrected chi connectivity index (χ0v) is 13.2. The molecule has 0 aromatic heterocycles. The third-order valence-corrected chi connectivity index (χ3v) is 5.68. The van der Waals surface area contributed by atoms with E-state index >= 15 is 0 Å². The number of piperidine rings is 1. The second-order valence-corrected chi connectivity index (χ2v) is 8.28. The summed E-state index contributed by atoms with van der Waals surface area (Å²) in [7, 11) is -3.04. The summed E-state index contributed by atoms with van der Waals surface area (Å²) in [6.45, 7) is 8.06. The second kappa shape index (κ2) is 7.02. The van der Waals surface area contributed by atoms with Gasteiger partial charge in [-0.3, -0.25) is 0 Å². The van der Waals surface area contributed by atoms with Crippen molar-refractivity contribution in [1.82, 2.24) is 9.62 Å². The maximum atomic E-state index is 11.9.